The molecule has 6 heavy (non-hydrogen) atoms. The molecule has 38 valence electrons. The van der Waals surface area contributed by atoms with Crippen LogP contribution < -0.4 is 5.73 Å². The van der Waals surface area contributed by atoms with Gasteiger partial charge in [0.25, 0.3) is 0 Å². The number of rotatable bonds is 2. The summed E-state index contributed by atoms with van der Waals surface area (Å²) in [6.07, 6.45) is 1.20. The van der Waals surface area contributed by atoms with E-state index in [-0.39, 0.29) is 9.04 Å². The summed E-state index contributed by atoms with van der Waals surface area (Å²) in [6.45, 7) is 2.16. The molecule has 1 nitrogen and oxygen atoms in total. The summed E-state index contributed by atoms with van der Waals surface area (Å²) in [7, 11) is 1.65. The van der Waals surface area contributed by atoms with Crippen molar-refractivity contribution in [2.45, 2.75) is 19.0 Å². The van der Waals surface area contributed by atoms with Crippen molar-refractivity contribution in [3.8, 4) is 0 Å². The second kappa shape index (κ2) is 3.58. The van der Waals surface area contributed by atoms with Crippen LogP contribution in [0.1, 0.15) is 13.3 Å². The topological polar surface area (TPSA) is 26.0 Å². The van der Waals surface area contributed by atoms with Crippen molar-refractivity contribution in [1.82, 2.24) is 0 Å². The maximum absolute atomic E-state index is 5.57. The van der Waals surface area contributed by atoms with Crippen LogP contribution in [0.4, 0.5) is 0 Å². The van der Waals surface area contributed by atoms with Crippen LogP contribution in [-0.2, 0) is 0 Å². The monoisotopic (exact) mass is 119 g/mol. The van der Waals surface area contributed by atoms with Crippen LogP contribution >= 0.6 is 0 Å². The standard InChI is InChI=1S/C3H13NSi2/c1-2-3(4)6-5/h3H,2,4,6H2,1,5H3. The Morgan fingerprint density at radius 3 is 2.50 bits per heavy atom. The molecule has 3 heteroatoms. The summed E-state index contributed by atoms with van der Waals surface area (Å²) in [6, 6.07) is 0. The average molecular weight is 119 g/mol. The highest BCUT2D eigenvalue weighted by Gasteiger charge is 1.89. The van der Waals surface area contributed by atoms with Crippen molar-refractivity contribution in [3.05, 3.63) is 0 Å². The first-order valence-corrected chi connectivity index (χ1v) is 9.04. The first-order valence-electron chi connectivity index (χ1n) is 2.56. The van der Waals surface area contributed by atoms with E-state index in [1.165, 1.54) is 16.2 Å². The van der Waals surface area contributed by atoms with Gasteiger partial charge in [-0.2, -0.15) is 0 Å². The van der Waals surface area contributed by atoms with Crippen LogP contribution in [0.3, 0.4) is 0 Å². The molecule has 1 unspecified atom stereocenters. The second-order valence-electron chi connectivity index (χ2n) is 1.58. The molecule has 0 heterocycles. The highest BCUT2D eigenvalue weighted by atomic mass is 29.1. The Labute approximate surface area is 44.3 Å². The quantitative estimate of drug-likeness (QED) is 0.424. The third-order valence-corrected chi connectivity index (χ3v) is 5.82. The molecule has 0 aliphatic rings. The minimum Gasteiger partial charge on any atom is -0.331 e. The van der Waals surface area contributed by atoms with E-state index in [4.69, 9.17) is 5.73 Å². The van der Waals surface area contributed by atoms with Crippen LogP contribution in [0, 0.1) is 0 Å². The number of hydrogen-bond acceptors (Lipinski definition) is 1. The largest absolute Gasteiger partial charge is 0.331 e. The molecule has 1 atom stereocenters. The Morgan fingerprint density at radius 2 is 2.50 bits per heavy atom. The van der Waals surface area contributed by atoms with Crippen LogP contribution in [0.25, 0.3) is 0 Å². The summed E-state index contributed by atoms with van der Waals surface area (Å²) >= 11 is 0. The van der Waals surface area contributed by atoms with Crippen LogP contribution in [0.2, 0.25) is 0 Å². The fourth-order valence-corrected chi connectivity index (χ4v) is 2.60. The van der Waals surface area contributed by atoms with Crippen molar-refractivity contribution in [1.29, 1.82) is 0 Å². The predicted molar refractivity (Wildman–Crippen MR) is 36.7 cm³/mol. The number of hydrogen-bond donors (Lipinski definition) is 1. The molecular formula is C3H13NSi2. The molecule has 0 saturated carbocycles. The molecule has 0 radical (unpaired) electrons. The zero-order valence-corrected chi connectivity index (χ0v) is 7.98. The molecule has 0 saturated heterocycles. The molecule has 0 fully saturated rings. The lowest BCUT2D eigenvalue weighted by Crippen LogP contribution is -2.26. The van der Waals surface area contributed by atoms with Crippen molar-refractivity contribution >= 4 is 18.8 Å². The van der Waals surface area contributed by atoms with Gasteiger partial charge in [0.15, 0.2) is 0 Å². The third-order valence-electron chi connectivity index (χ3n) is 1.05. The maximum atomic E-state index is 5.57. The molecule has 0 rings (SSSR count). The molecular weight excluding hydrogens is 106 g/mol. The molecule has 0 aromatic carbocycles. The van der Waals surface area contributed by atoms with Crippen molar-refractivity contribution < 1.29 is 0 Å². The SMILES string of the molecule is CCC(N)[SiH2][SiH3]. The van der Waals surface area contributed by atoms with E-state index < -0.39 is 0 Å². The summed E-state index contributed by atoms with van der Waals surface area (Å²) in [4.78, 5) is 0. The highest BCUT2D eigenvalue weighted by Crippen LogP contribution is 1.76. The fourth-order valence-electron chi connectivity index (χ4n) is 0.289. The number of nitrogens with two attached hydrogens (primary N) is 1. The summed E-state index contributed by atoms with van der Waals surface area (Å²) in [5.74, 6) is 0. The molecule has 0 aliphatic carbocycles. The molecule has 2 N–H and O–H groups in total. The van der Waals surface area contributed by atoms with Crippen LogP contribution in [-0.4, -0.2) is 24.5 Å². The van der Waals surface area contributed by atoms with E-state index in [0.29, 0.717) is 5.67 Å². The van der Waals surface area contributed by atoms with E-state index in [0.717, 1.165) is 0 Å². The first-order chi connectivity index (χ1) is 2.81. The van der Waals surface area contributed by atoms with Crippen molar-refractivity contribution in [2.24, 2.45) is 5.73 Å². The molecule has 0 aromatic rings. The van der Waals surface area contributed by atoms with Crippen LogP contribution in [0.5, 0.6) is 0 Å². The minimum atomic E-state index is 0.255. The lowest BCUT2D eigenvalue weighted by molar-refractivity contribution is 0.853. The van der Waals surface area contributed by atoms with E-state index in [1.807, 2.05) is 0 Å². The zero-order chi connectivity index (χ0) is 4.99. The fraction of sp³-hybridized carbons (Fsp3) is 1.00. The molecule has 0 bridgehead atoms. The predicted octanol–water partition coefficient (Wildman–Crippen LogP) is -1.87. The average Bonchev–Trinajstić information content (AvgIpc) is 1.65. The van der Waals surface area contributed by atoms with Gasteiger partial charge in [0.05, 0.1) is 0 Å². The van der Waals surface area contributed by atoms with Gasteiger partial charge in [-0.05, 0) is 21.8 Å². The van der Waals surface area contributed by atoms with E-state index in [9.17, 15) is 0 Å². The van der Waals surface area contributed by atoms with Gasteiger partial charge in [-0.25, -0.2) is 0 Å². The van der Waals surface area contributed by atoms with Gasteiger partial charge >= 0.3 is 0 Å². The Balaban J connectivity index is 2.75. The molecule has 0 spiro atoms. The highest BCUT2D eigenvalue weighted by molar-refractivity contribution is 6.90. The van der Waals surface area contributed by atoms with E-state index >= 15 is 0 Å². The van der Waals surface area contributed by atoms with E-state index in [1.54, 1.807) is 0 Å². The van der Waals surface area contributed by atoms with Gasteiger partial charge in [0, 0.05) is 9.04 Å². The van der Waals surface area contributed by atoms with Crippen molar-refractivity contribution in [2.75, 3.05) is 0 Å². The summed E-state index contributed by atoms with van der Waals surface area (Å²) < 4.78 is 0. The summed E-state index contributed by atoms with van der Waals surface area (Å²) in [5, 5.41) is 0. The third kappa shape index (κ3) is 2.62. The smallest absolute Gasteiger partial charge is 0.0246 e. The Kier molecular flexibility index (Phi) is 3.81. The van der Waals surface area contributed by atoms with Gasteiger partial charge in [-0.3, -0.25) is 0 Å². The Hall–Kier alpha value is 0.394. The van der Waals surface area contributed by atoms with Gasteiger partial charge in [0.1, 0.15) is 0 Å². The summed E-state index contributed by atoms with van der Waals surface area (Å²) in [5.41, 5.74) is 6.20. The second-order valence-corrected chi connectivity index (χ2v) is 5.89. The van der Waals surface area contributed by atoms with Crippen LogP contribution in [0.15, 0.2) is 0 Å². The lowest BCUT2D eigenvalue weighted by atomic mass is 10.5. The van der Waals surface area contributed by atoms with E-state index in [2.05, 4.69) is 6.92 Å². The Morgan fingerprint density at radius 1 is 2.00 bits per heavy atom. The molecule has 0 amide bonds. The lowest BCUT2D eigenvalue weighted by Gasteiger charge is -1.98. The molecule has 0 aliphatic heterocycles. The zero-order valence-electron chi connectivity index (χ0n) is 4.57. The van der Waals surface area contributed by atoms with Gasteiger partial charge in [-0.1, -0.05) is 6.92 Å². The van der Waals surface area contributed by atoms with Gasteiger partial charge in [0.2, 0.25) is 0 Å². The Bertz CT molecular complexity index is 28.0. The van der Waals surface area contributed by atoms with Gasteiger partial charge in [-0.15, -0.1) is 0 Å². The van der Waals surface area contributed by atoms with Crippen molar-refractivity contribution in [3.63, 3.8) is 0 Å². The first kappa shape index (κ1) is 6.39. The minimum absolute atomic E-state index is 0.255. The van der Waals surface area contributed by atoms with Gasteiger partial charge < -0.3 is 5.73 Å². The maximum Gasteiger partial charge on any atom is 0.0246 e. The molecule has 0 aromatic heterocycles. The normalized spacial score (nSPS) is 17.0.